The number of likely N-dealkylation sites (tertiary alicyclic amines) is 1. The van der Waals surface area contributed by atoms with Gasteiger partial charge >= 0.3 is 23.9 Å². The number of aliphatic carboxylic acids is 4. The minimum Gasteiger partial charge on any atom is -0.494 e. The fraction of sp³-hybridized carbons (Fsp3) is 0.597. The van der Waals surface area contributed by atoms with Gasteiger partial charge in [0.2, 0.25) is 35.4 Å². The number of carboxylic acids is 4. The summed E-state index contributed by atoms with van der Waals surface area (Å²) in [7, 11) is 0. The summed E-state index contributed by atoms with van der Waals surface area (Å²) in [6, 6.07) is 12.8. The molecule has 0 spiro atoms. The molecule has 3 aliphatic heterocycles. The summed E-state index contributed by atoms with van der Waals surface area (Å²) in [6.45, 7) is 2.30. The van der Waals surface area contributed by atoms with E-state index < -0.39 is 91.1 Å². The Morgan fingerprint density at radius 3 is 1.70 bits per heavy atom. The summed E-state index contributed by atoms with van der Waals surface area (Å²) >= 11 is 2.23. The Kier molecular flexibility index (Phi) is 33.9. The molecule has 0 bridgehead atoms. The van der Waals surface area contributed by atoms with Gasteiger partial charge in [-0.05, 0) is 129 Å². The molecule has 3 fully saturated rings. The summed E-state index contributed by atoms with van der Waals surface area (Å²) in [4.78, 5) is 156. The van der Waals surface area contributed by atoms with Gasteiger partial charge in [-0.3, -0.25) is 77.4 Å². The highest BCUT2D eigenvalue weighted by atomic mass is 127. The molecule has 1 aromatic heterocycles. The molecule has 3 aliphatic rings. The number of nitrogens with zero attached hydrogens (tertiary/aromatic N) is 9. The Morgan fingerprint density at radius 2 is 1.14 bits per heavy atom. The maximum absolute atomic E-state index is 14.3. The first-order valence-corrected chi connectivity index (χ1v) is 34.9. The maximum atomic E-state index is 14.3. The molecule has 0 radical (unpaired) electrons. The Hall–Kier alpha value is -8.30. The highest BCUT2D eigenvalue weighted by Gasteiger charge is 2.47. The largest absolute Gasteiger partial charge is 0.494 e. The molecule has 7 amide bonds. The second-order valence-corrected chi connectivity index (χ2v) is 26.5. The Morgan fingerprint density at radius 1 is 0.610 bits per heavy atom. The van der Waals surface area contributed by atoms with Crippen molar-refractivity contribution in [3.05, 3.63) is 69.4 Å². The van der Waals surface area contributed by atoms with Crippen LogP contribution >= 0.6 is 22.6 Å². The van der Waals surface area contributed by atoms with Crippen molar-refractivity contribution in [2.75, 3.05) is 144 Å². The first kappa shape index (κ1) is 80.7. The summed E-state index contributed by atoms with van der Waals surface area (Å²) in [5, 5.41) is 62.0. The van der Waals surface area contributed by atoms with Crippen molar-refractivity contribution < 1.29 is 86.7 Å². The number of ether oxygens (including phenoxy) is 1. The first-order valence-electron chi connectivity index (χ1n) is 33.9. The van der Waals surface area contributed by atoms with Gasteiger partial charge < -0.3 is 61.5 Å². The van der Waals surface area contributed by atoms with E-state index in [1.54, 1.807) is 48.8 Å². The van der Waals surface area contributed by atoms with Crippen LogP contribution in [0.4, 0.5) is 8.78 Å². The van der Waals surface area contributed by atoms with Crippen molar-refractivity contribution >= 4 is 98.7 Å². The molecule has 3 atom stereocenters. The van der Waals surface area contributed by atoms with Crippen molar-refractivity contribution in [2.45, 2.75) is 114 Å². The lowest BCUT2D eigenvalue weighted by Crippen LogP contribution is -2.55. The summed E-state index contributed by atoms with van der Waals surface area (Å²) in [5.41, 5.74) is 1.77. The van der Waals surface area contributed by atoms with Crippen molar-refractivity contribution in [2.24, 2.45) is 0 Å². The topological polar surface area (TPSA) is 397 Å². The molecule has 3 aromatic rings. The minimum absolute atomic E-state index is 0.0476. The number of benzene rings is 2. The number of aromatic nitrogens is 1. The predicted octanol–water partition coefficient (Wildman–Crippen LogP) is 1.54. The second-order valence-electron chi connectivity index (χ2n) is 25.2. The van der Waals surface area contributed by atoms with Crippen LogP contribution in [0.3, 0.4) is 0 Å². The lowest BCUT2D eigenvalue weighted by atomic mass is 10.1. The van der Waals surface area contributed by atoms with Gasteiger partial charge in [0, 0.05) is 139 Å². The molecule has 33 heteroatoms. The molecule has 2 aromatic carbocycles. The number of carbonyl (C=O) groups is 11. The van der Waals surface area contributed by atoms with Gasteiger partial charge in [0.15, 0.2) is 0 Å². The third-order valence-corrected chi connectivity index (χ3v) is 18.1. The zero-order chi connectivity index (χ0) is 72.6. The highest BCUT2D eigenvalue weighted by Crippen LogP contribution is 2.32. The van der Waals surface area contributed by atoms with Crippen LogP contribution in [-0.2, 0) is 54.4 Å². The van der Waals surface area contributed by atoms with Crippen molar-refractivity contribution in [1.82, 2.24) is 65.9 Å². The number of hydrogen-bond acceptors (Lipinski definition) is 19. The van der Waals surface area contributed by atoms with Crippen LogP contribution in [0.25, 0.3) is 10.9 Å². The van der Waals surface area contributed by atoms with E-state index in [0.717, 1.165) is 20.5 Å². The van der Waals surface area contributed by atoms with Crippen LogP contribution in [0.15, 0.2) is 54.7 Å². The molecule has 9 N–H and O–H groups in total. The molecular weight excluding hydrogens is 1420 g/mol. The summed E-state index contributed by atoms with van der Waals surface area (Å²) < 4.78 is 35.2. The smallest absolute Gasteiger partial charge is 0.326 e. The number of hydrogen-bond donors (Lipinski definition) is 9. The van der Waals surface area contributed by atoms with E-state index in [9.17, 15) is 87.2 Å². The Labute approximate surface area is 592 Å². The number of carboxylic acid groups (broad SMARTS) is 4. The zero-order valence-corrected chi connectivity index (χ0v) is 58.4. The molecule has 0 saturated carbocycles. The zero-order valence-electron chi connectivity index (χ0n) is 56.2. The number of amides is 7. The number of aryl methyl sites for hydroxylation is 1. The van der Waals surface area contributed by atoms with E-state index in [-0.39, 0.29) is 147 Å². The second kappa shape index (κ2) is 42.1. The van der Waals surface area contributed by atoms with Crippen LogP contribution in [-0.4, -0.2) is 293 Å². The lowest BCUT2D eigenvalue weighted by Gasteiger charge is -2.36. The fourth-order valence-electron chi connectivity index (χ4n) is 11.9. The first-order chi connectivity index (χ1) is 47.8. The normalized spacial score (nSPS) is 17.3. The molecule has 548 valence electrons. The maximum Gasteiger partial charge on any atom is 0.326 e. The minimum atomic E-state index is -3.21. The summed E-state index contributed by atoms with van der Waals surface area (Å²) in [5.74, 6) is -10.6. The van der Waals surface area contributed by atoms with E-state index in [0.29, 0.717) is 101 Å². The Bertz CT molecular complexity index is 3280. The van der Waals surface area contributed by atoms with Crippen molar-refractivity contribution in [1.29, 1.82) is 5.26 Å². The van der Waals surface area contributed by atoms with Crippen LogP contribution in [0.2, 0.25) is 0 Å². The number of alkyl halides is 2. The molecule has 1 unspecified atom stereocenters. The van der Waals surface area contributed by atoms with E-state index >= 15 is 0 Å². The van der Waals surface area contributed by atoms with E-state index in [1.807, 2.05) is 24.3 Å². The molecule has 4 heterocycles. The van der Waals surface area contributed by atoms with Gasteiger partial charge in [-0.1, -0.05) is 12.1 Å². The summed E-state index contributed by atoms with van der Waals surface area (Å²) in [6.07, 6.45) is 4.74. The fourth-order valence-corrected chi connectivity index (χ4v) is 12.3. The van der Waals surface area contributed by atoms with E-state index in [2.05, 4.69) is 59.1 Å². The van der Waals surface area contributed by atoms with Gasteiger partial charge in [0.1, 0.15) is 23.9 Å². The number of nitriles is 1. The van der Waals surface area contributed by atoms with Crippen LogP contribution in [0.1, 0.15) is 99.4 Å². The number of nitrogens with one attached hydrogen (secondary N) is 5. The van der Waals surface area contributed by atoms with E-state index in [1.165, 1.54) is 12.3 Å². The predicted molar refractivity (Wildman–Crippen MR) is 368 cm³/mol. The van der Waals surface area contributed by atoms with Gasteiger partial charge in [-0.2, -0.15) is 5.26 Å². The number of fused-ring (bicyclic) bond motifs is 1. The molecular formula is C67H93F2IN14O16. The third kappa shape index (κ3) is 29.5. The SMILES string of the molecule is N#C[C@@H]1CC(F)(F)CN1C(=O)CNC(=O)c1ccnc2ccc(OCCCN3CCN(C(=O)[C@H](CCCCNC(=O)CN4CCN(CC(=O)O)CCN(CC(=O)O)CCN(CC(=O)O)CC4)NC(=O)CCCC(=O)NC(CCCCNC(=O)CCCc4ccc(I)cc4)C(=O)O)CC3)cc12. The van der Waals surface area contributed by atoms with Crippen molar-refractivity contribution in [3.8, 4) is 11.8 Å². The third-order valence-electron chi connectivity index (χ3n) is 17.4. The van der Waals surface area contributed by atoms with Gasteiger partial charge in [-0.25, -0.2) is 13.6 Å². The van der Waals surface area contributed by atoms with Crippen molar-refractivity contribution in [3.63, 3.8) is 0 Å². The molecule has 0 aliphatic carbocycles. The van der Waals surface area contributed by atoms with Crippen LogP contribution in [0, 0.1) is 14.9 Å². The standard InChI is InChI=1S/C67H93F2IN14O16/c68-67(69)39-49(40-71)84(46-67)60(89)41-75-64(96)51-20-23-72-53-19-18-50(38-52(51)53)100-37-7-24-78-33-35-83(36-34-78)65(97)54(76-57(86)12-6-13-58(87)77-55(66(98)99)10-2-4-21-73-56(85)11-5-8-47-14-16-48(70)17-15-47)9-1-3-22-74-59(88)42-79-25-27-80(43-61(90)91)29-31-82(45-63(94)95)32-30-81(28-26-79)44-62(92)93/h14-20,23,38,49,54-55H,1-13,21-22,24-37,39,41-46H2,(H,73,85)(H,74,88)(H,75,96)(H,76,86)(H,77,87)(H,90,91)(H,92,93)(H,94,95)(H,98,99)/t49-,54-,55?/m0/s1. The molecule has 6 rings (SSSR count). The Balaban J connectivity index is 0.982. The van der Waals surface area contributed by atoms with Gasteiger partial charge in [0.05, 0.1) is 63.0 Å². The number of carbonyl (C=O) groups excluding carboxylic acids is 7. The number of rotatable bonds is 38. The molecule has 100 heavy (non-hydrogen) atoms. The van der Waals surface area contributed by atoms with Gasteiger partial charge in [0.25, 0.3) is 11.8 Å². The van der Waals surface area contributed by atoms with Gasteiger partial charge in [-0.15, -0.1) is 0 Å². The molecule has 3 saturated heterocycles. The average molecular weight is 1520 g/mol. The number of piperazine rings is 1. The van der Waals surface area contributed by atoms with E-state index in [4.69, 9.17) is 4.74 Å². The monoisotopic (exact) mass is 1510 g/mol. The lowest BCUT2D eigenvalue weighted by molar-refractivity contribution is -0.142. The number of pyridine rings is 1. The van der Waals surface area contributed by atoms with Crippen LogP contribution < -0.4 is 31.3 Å². The highest BCUT2D eigenvalue weighted by molar-refractivity contribution is 14.1. The average Bonchev–Trinajstić information content (AvgIpc) is 1.53. The number of unbranched alkanes of at least 4 members (excludes halogenated alkanes) is 2. The number of halogens is 3. The quantitative estimate of drug-likeness (QED) is 0.0290. The van der Waals surface area contributed by atoms with Crippen LogP contribution in [0.5, 0.6) is 5.75 Å². The molecule has 30 nitrogen and oxygen atoms in total.